The molecule has 80 valence electrons. The van der Waals surface area contributed by atoms with E-state index in [0.717, 1.165) is 19.4 Å². The number of nitrogens with one attached hydrogen (secondary N) is 1. The van der Waals surface area contributed by atoms with Gasteiger partial charge in [-0.1, -0.05) is 31.9 Å². The molecule has 0 aliphatic carbocycles. The molecule has 1 aromatic rings. The molecule has 0 saturated carbocycles. The van der Waals surface area contributed by atoms with Gasteiger partial charge in [-0.15, -0.1) is 0 Å². The van der Waals surface area contributed by atoms with Crippen LogP contribution in [0.1, 0.15) is 32.3 Å². The smallest absolute Gasteiger partial charge is 0.268 e. The minimum absolute atomic E-state index is 0.0845. The van der Waals surface area contributed by atoms with Crippen LogP contribution in [0.2, 0.25) is 5.15 Å². The van der Waals surface area contributed by atoms with Gasteiger partial charge >= 0.3 is 0 Å². The number of hydrogen-bond acceptors (Lipinski definition) is 1. The Morgan fingerprint density at radius 3 is 2.64 bits per heavy atom. The maximum Gasteiger partial charge on any atom is 0.268 e. The molecule has 1 heterocycles. The number of hydrogen-bond donors (Lipinski definition) is 1. The summed E-state index contributed by atoms with van der Waals surface area (Å²) in [5, 5.41) is 3.27. The van der Waals surface area contributed by atoms with Crippen molar-refractivity contribution in [2.75, 3.05) is 0 Å². The predicted octanol–water partition coefficient (Wildman–Crippen LogP) is 2.57. The summed E-state index contributed by atoms with van der Waals surface area (Å²) in [6.07, 6.45) is 2.30. The molecule has 1 rings (SSSR count). The zero-order valence-electron chi connectivity index (χ0n) is 8.93. The highest BCUT2D eigenvalue weighted by Gasteiger charge is 2.10. The van der Waals surface area contributed by atoms with Crippen molar-refractivity contribution >= 4 is 11.6 Å². The van der Waals surface area contributed by atoms with Gasteiger partial charge in [-0.2, -0.15) is 0 Å². The summed E-state index contributed by atoms with van der Waals surface area (Å²) in [6.45, 7) is 6.84. The third-order valence-electron chi connectivity index (χ3n) is 2.40. The van der Waals surface area contributed by atoms with Crippen LogP contribution in [-0.2, 0) is 6.54 Å². The van der Waals surface area contributed by atoms with E-state index in [4.69, 9.17) is 11.6 Å². The van der Waals surface area contributed by atoms with Gasteiger partial charge in [0, 0.05) is 6.54 Å². The summed E-state index contributed by atoms with van der Waals surface area (Å²) in [5.41, 5.74) is 0.522. The number of aromatic nitrogens is 2. The van der Waals surface area contributed by atoms with Gasteiger partial charge in [-0.3, -0.25) is 14.6 Å². The largest absolute Gasteiger partial charge is 0.273 e. The Kier molecular flexibility index (Phi) is 3.81. The van der Waals surface area contributed by atoms with E-state index in [1.54, 1.807) is 11.6 Å². The first kappa shape index (κ1) is 11.4. The standard InChI is InChI=1S/C10H17ClN2O/c1-4-5-7(2)6-13-9(11)8(3)10(14)12-13/h7H,4-6H2,1-3H3,(H,12,14). The van der Waals surface area contributed by atoms with Crippen LogP contribution in [0.15, 0.2) is 4.79 Å². The zero-order valence-corrected chi connectivity index (χ0v) is 9.69. The van der Waals surface area contributed by atoms with E-state index in [9.17, 15) is 4.79 Å². The highest BCUT2D eigenvalue weighted by atomic mass is 35.5. The van der Waals surface area contributed by atoms with Gasteiger partial charge in [-0.25, -0.2) is 0 Å². The summed E-state index contributed by atoms with van der Waals surface area (Å²) < 4.78 is 1.74. The average molecular weight is 217 g/mol. The topological polar surface area (TPSA) is 37.8 Å². The molecule has 0 bridgehead atoms. The minimum Gasteiger partial charge on any atom is -0.273 e. The molecule has 4 heteroatoms. The molecule has 0 amide bonds. The first-order chi connectivity index (χ1) is 6.56. The van der Waals surface area contributed by atoms with Gasteiger partial charge in [0.2, 0.25) is 0 Å². The number of nitrogens with zero attached hydrogens (tertiary/aromatic N) is 1. The Labute approximate surface area is 89.1 Å². The van der Waals surface area contributed by atoms with Gasteiger partial charge < -0.3 is 0 Å². The molecule has 0 aliphatic heterocycles. The molecule has 1 unspecified atom stereocenters. The molecular formula is C10H17ClN2O. The minimum atomic E-state index is -0.0845. The SMILES string of the molecule is CCCC(C)Cn1[nH]c(=O)c(C)c1Cl. The third kappa shape index (κ3) is 2.41. The van der Waals surface area contributed by atoms with E-state index in [-0.39, 0.29) is 5.56 Å². The second kappa shape index (κ2) is 4.69. The number of halogens is 1. The lowest BCUT2D eigenvalue weighted by Gasteiger charge is -2.11. The van der Waals surface area contributed by atoms with E-state index >= 15 is 0 Å². The van der Waals surface area contributed by atoms with Gasteiger partial charge in [0.15, 0.2) is 0 Å². The predicted molar refractivity (Wildman–Crippen MR) is 58.9 cm³/mol. The molecule has 1 N–H and O–H groups in total. The fourth-order valence-electron chi connectivity index (χ4n) is 1.57. The van der Waals surface area contributed by atoms with Crippen LogP contribution in [0.3, 0.4) is 0 Å². The molecule has 1 atom stereocenters. The lowest BCUT2D eigenvalue weighted by Crippen LogP contribution is -2.11. The van der Waals surface area contributed by atoms with Crippen LogP contribution in [0, 0.1) is 12.8 Å². The summed E-state index contributed by atoms with van der Waals surface area (Å²) in [6, 6.07) is 0. The monoisotopic (exact) mass is 216 g/mol. The van der Waals surface area contributed by atoms with E-state index in [1.807, 2.05) is 0 Å². The van der Waals surface area contributed by atoms with Crippen LogP contribution in [0.25, 0.3) is 0 Å². The Morgan fingerprint density at radius 2 is 2.21 bits per heavy atom. The Hall–Kier alpha value is -0.700. The van der Waals surface area contributed by atoms with Crippen LogP contribution in [0.5, 0.6) is 0 Å². The van der Waals surface area contributed by atoms with Crippen molar-refractivity contribution in [1.29, 1.82) is 0 Å². The summed E-state index contributed by atoms with van der Waals surface area (Å²) in [4.78, 5) is 11.2. The Morgan fingerprint density at radius 1 is 1.57 bits per heavy atom. The lowest BCUT2D eigenvalue weighted by atomic mass is 10.1. The first-order valence-corrected chi connectivity index (χ1v) is 5.39. The van der Waals surface area contributed by atoms with E-state index in [0.29, 0.717) is 16.6 Å². The summed E-state index contributed by atoms with van der Waals surface area (Å²) in [5.74, 6) is 0.542. The van der Waals surface area contributed by atoms with Crippen molar-refractivity contribution in [3.8, 4) is 0 Å². The summed E-state index contributed by atoms with van der Waals surface area (Å²) >= 11 is 5.99. The number of H-pyrrole nitrogens is 1. The van der Waals surface area contributed by atoms with Gasteiger partial charge in [0.25, 0.3) is 5.56 Å². The molecule has 14 heavy (non-hydrogen) atoms. The van der Waals surface area contributed by atoms with Gasteiger partial charge in [0.1, 0.15) is 5.15 Å². The van der Waals surface area contributed by atoms with Crippen LogP contribution >= 0.6 is 11.6 Å². The Bertz CT molecular complexity index is 353. The fourth-order valence-corrected chi connectivity index (χ4v) is 1.77. The molecule has 0 saturated heterocycles. The lowest BCUT2D eigenvalue weighted by molar-refractivity contribution is 0.419. The van der Waals surface area contributed by atoms with Crippen molar-refractivity contribution in [2.24, 2.45) is 5.92 Å². The van der Waals surface area contributed by atoms with Gasteiger partial charge in [0.05, 0.1) is 5.56 Å². The first-order valence-electron chi connectivity index (χ1n) is 5.01. The molecule has 0 aromatic carbocycles. The molecule has 0 radical (unpaired) electrons. The second-order valence-electron chi connectivity index (χ2n) is 3.86. The van der Waals surface area contributed by atoms with Crippen LogP contribution < -0.4 is 5.56 Å². The van der Waals surface area contributed by atoms with Gasteiger partial charge in [-0.05, 0) is 19.3 Å². The maximum absolute atomic E-state index is 11.2. The van der Waals surface area contributed by atoms with Crippen molar-refractivity contribution in [3.63, 3.8) is 0 Å². The maximum atomic E-state index is 11.2. The number of rotatable bonds is 4. The second-order valence-corrected chi connectivity index (χ2v) is 4.22. The highest BCUT2D eigenvalue weighted by molar-refractivity contribution is 6.30. The van der Waals surface area contributed by atoms with E-state index < -0.39 is 0 Å². The van der Waals surface area contributed by atoms with Crippen molar-refractivity contribution in [2.45, 2.75) is 40.2 Å². The molecule has 0 spiro atoms. The molecule has 3 nitrogen and oxygen atoms in total. The number of aromatic amines is 1. The van der Waals surface area contributed by atoms with Crippen LogP contribution in [0.4, 0.5) is 0 Å². The Balaban J connectivity index is 2.77. The molecule has 0 fully saturated rings. The third-order valence-corrected chi connectivity index (χ3v) is 2.89. The average Bonchev–Trinajstić information content (AvgIpc) is 2.34. The highest BCUT2D eigenvalue weighted by Crippen LogP contribution is 2.14. The molecular weight excluding hydrogens is 200 g/mol. The fraction of sp³-hybridized carbons (Fsp3) is 0.700. The van der Waals surface area contributed by atoms with E-state index in [1.165, 1.54) is 0 Å². The molecule has 1 aromatic heterocycles. The quantitative estimate of drug-likeness (QED) is 0.826. The van der Waals surface area contributed by atoms with Crippen molar-refractivity contribution in [3.05, 3.63) is 21.1 Å². The summed E-state index contributed by atoms with van der Waals surface area (Å²) in [7, 11) is 0. The normalized spacial score (nSPS) is 13.1. The van der Waals surface area contributed by atoms with Crippen molar-refractivity contribution in [1.82, 2.24) is 9.78 Å². The van der Waals surface area contributed by atoms with E-state index in [2.05, 4.69) is 18.9 Å². The zero-order chi connectivity index (χ0) is 10.7. The molecule has 0 aliphatic rings. The van der Waals surface area contributed by atoms with Crippen molar-refractivity contribution < 1.29 is 0 Å². The van der Waals surface area contributed by atoms with Crippen LogP contribution in [-0.4, -0.2) is 9.78 Å².